The molecule has 2 heterocycles. The lowest BCUT2D eigenvalue weighted by Crippen LogP contribution is -2.55. The standard InChI is InChI=1S/C16H21FN6O/c17-13-2-4-14(5-3-13)23-12-22(11-1-8-20-21-18)15(24)16(23)6-9-19-10-7-16/h2-5,19H,1,6-12H2. The van der Waals surface area contributed by atoms with Crippen molar-refractivity contribution >= 4 is 11.6 Å². The van der Waals surface area contributed by atoms with Gasteiger partial charge in [0.05, 0.1) is 6.67 Å². The van der Waals surface area contributed by atoms with Crippen LogP contribution < -0.4 is 10.2 Å². The fourth-order valence-electron chi connectivity index (χ4n) is 3.60. The van der Waals surface area contributed by atoms with Gasteiger partial charge >= 0.3 is 0 Å². The minimum Gasteiger partial charge on any atom is -0.339 e. The van der Waals surface area contributed by atoms with Crippen molar-refractivity contribution in [1.82, 2.24) is 10.2 Å². The van der Waals surface area contributed by atoms with Gasteiger partial charge in [-0.05, 0) is 62.1 Å². The van der Waals surface area contributed by atoms with Gasteiger partial charge in [0.15, 0.2) is 0 Å². The van der Waals surface area contributed by atoms with Crippen molar-refractivity contribution in [3.05, 3.63) is 40.5 Å². The van der Waals surface area contributed by atoms with Crippen molar-refractivity contribution in [2.45, 2.75) is 24.8 Å². The highest BCUT2D eigenvalue weighted by Crippen LogP contribution is 2.38. The van der Waals surface area contributed by atoms with Gasteiger partial charge in [0.1, 0.15) is 11.4 Å². The molecule has 128 valence electrons. The summed E-state index contributed by atoms with van der Waals surface area (Å²) in [5.74, 6) is -0.163. The van der Waals surface area contributed by atoms with Crippen molar-refractivity contribution in [3.63, 3.8) is 0 Å². The maximum Gasteiger partial charge on any atom is 0.250 e. The van der Waals surface area contributed by atoms with E-state index in [-0.39, 0.29) is 11.7 Å². The lowest BCUT2D eigenvalue weighted by atomic mass is 9.86. The number of carbonyl (C=O) groups excluding carboxylic acids is 1. The molecule has 8 heteroatoms. The van der Waals surface area contributed by atoms with E-state index in [9.17, 15) is 9.18 Å². The van der Waals surface area contributed by atoms with Crippen molar-refractivity contribution in [2.75, 3.05) is 37.7 Å². The second-order valence-corrected chi connectivity index (χ2v) is 6.20. The molecule has 2 aliphatic heterocycles. The van der Waals surface area contributed by atoms with Crippen molar-refractivity contribution < 1.29 is 9.18 Å². The highest BCUT2D eigenvalue weighted by Gasteiger charge is 2.52. The number of rotatable bonds is 5. The lowest BCUT2D eigenvalue weighted by molar-refractivity contribution is -0.133. The van der Waals surface area contributed by atoms with E-state index in [2.05, 4.69) is 20.2 Å². The smallest absolute Gasteiger partial charge is 0.250 e. The topological polar surface area (TPSA) is 84.3 Å². The molecule has 0 unspecified atom stereocenters. The van der Waals surface area contributed by atoms with Crippen molar-refractivity contribution in [3.8, 4) is 0 Å². The molecule has 1 N–H and O–H groups in total. The fourth-order valence-corrected chi connectivity index (χ4v) is 3.60. The molecular weight excluding hydrogens is 311 g/mol. The Balaban J connectivity index is 1.83. The minimum atomic E-state index is -0.554. The van der Waals surface area contributed by atoms with Crippen LogP contribution in [0.5, 0.6) is 0 Å². The maximum absolute atomic E-state index is 13.3. The van der Waals surface area contributed by atoms with Gasteiger partial charge in [0.2, 0.25) is 5.91 Å². The van der Waals surface area contributed by atoms with Gasteiger partial charge < -0.3 is 15.1 Å². The number of hydrogen-bond acceptors (Lipinski definition) is 4. The second kappa shape index (κ2) is 7.07. The van der Waals surface area contributed by atoms with Crippen LogP contribution in [0.3, 0.4) is 0 Å². The summed E-state index contributed by atoms with van der Waals surface area (Å²) in [6.45, 7) is 3.00. The number of benzene rings is 1. The van der Waals surface area contributed by atoms with Gasteiger partial charge in [-0.25, -0.2) is 4.39 Å². The molecule has 0 bridgehead atoms. The third-order valence-corrected chi connectivity index (χ3v) is 4.83. The third kappa shape index (κ3) is 3.02. The van der Waals surface area contributed by atoms with Crippen LogP contribution in [0.25, 0.3) is 10.4 Å². The molecule has 1 aromatic carbocycles. The number of piperidine rings is 1. The zero-order valence-corrected chi connectivity index (χ0v) is 13.5. The highest BCUT2D eigenvalue weighted by molar-refractivity contribution is 5.93. The Kier molecular flexibility index (Phi) is 4.87. The van der Waals surface area contributed by atoms with Gasteiger partial charge in [-0.2, -0.15) is 0 Å². The van der Waals surface area contributed by atoms with E-state index in [4.69, 9.17) is 5.53 Å². The Bertz CT molecular complexity index is 636. The SMILES string of the molecule is [N-]=[N+]=NCCCN1CN(c2ccc(F)cc2)C2(CCNCC2)C1=O. The van der Waals surface area contributed by atoms with Gasteiger partial charge in [-0.1, -0.05) is 5.11 Å². The molecule has 1 aromatic rings. The number of amides is 1. The summed E-state index contributed by atoms with van der Waals surface area (Å²) in [6, 6.07) is 6.32. The summed E-state index contributed by atoms with van der Waals surface area (Å²) in [5.41, 5.74) is 8.67. The molecule has 2 saturated heterocycles. The molecule has 1 amide bonds. The lowest BCUT2D eigenvalue weighted by Gasteiger charge is -2.40. The molecule has 0 atom stereocenters. The quantitative estimate of drug-likeness (QED) is 0.388. The van der Waals surface area contributed by atoms with E-state index in [0.29, 0.717) is 26.2 Å². The summed E-state index contributed by atoms with van der Waals surface area (Å²) in [5, 5.41) is 6.83. The number of carbonyl (C=O) groups is 1. The highest BCUT2D eigenvalue weighted by atomic mass is 19.1. The summed E-state index contributed by atoms with van der Waals surface area (Å²) in [6.07, 6.45) is 2.10. The summed E-state index contributed by atoms with van der Waals surface area (Å²) in [4.78, 5) is 19.7. The molecule has 0 aromatic heterocycles. The van der Waals surface area contributed by atoms with Gasteiger partial charge in [-0.15, -0.1) is 0 Å². The van der Waals surface area contributed by atoms with E-state index < -0.39 is 5.54 Å². The Labute approximate surface area is 140 Å². The Morgan fingerprint density at radius 2 is 2.00 bits per heavy atom. The maximum atomic E-state index is 13.3. The predicted octanol–water partition coefficient (Wildman–Crippen LogP) is 2.25. The second-order valence-electron chi connectivity index (χ2n) is 6.20. The average Bonchev–Trinajstić information content (AvgIpc) is 2.86. The van der Waals surface area contributed by atoms with E-state index in [1.165, 1.54) is 12.1 Å². The van der Waals surface area contributed by atoms with Crippen LogP contribution in [0.15, 0.2) is 29.4 Å². The Morgan fingerprint density at radius 1 is 1.29 bits per heavy atom. The third-order valence-electron chi connectivity index (χ3n) is 4.83. The molecule has 2 aliphatic rings. The van der Waals surface area contributed by atoms with Gasteiger partial charge in [0, 0.05) is 23.7 Å². The van der Waals surface area contributed by atoms with E-state index in [0.717, 1.165) is 31.6 Å². The molecule has 0 saturated carbocycles. The van der Waals surface area contributed by atoms with Crippen LogP contribution >= 0.6 is 0 Å². The number of hydrogen-bond donors (Lipinski definition) is 1. The predicted molar refractivity (Wildman–Crippen MR) is 88.9 cm³/mol. The van der Waals surface area contributed by atoms with Gasteiger partial charge in [0.25, 0.3) is 0 Å². The zero-order chi connectivity index (χ0) is 17.0. The average molecular weight is 332 g/mol. The van der Waals surface area contributed by atoms with Crippen LogP contribution in [-0.4, -0.2) is 49.2 Å². The summed E-state index contributed by atoms with van der Waals surface area (Å²) >= 11 is 0. The van der Waals surface area contributed by atoms with Crippen LogP contribution in [0.1, 0.15) is 19.3 Å². The molecular formula is C16H21FN6O. The number of halogens is 1. The fraction of sp³-hybridized carbons (Fsp3) is 0.562. The molecule has 0 aliphatic carbocycles. The first kappa shape index (κ1) is 16.5. The normalized spacial score (nSPS) is 19.6. The molecule has 1 spiro atoms. The zero-order valence-electron chi connectivity index (χ0n) is 13.5. The first-order chi connectivity index (χ1) is 11.7. The largest absolute Gasteiger partial charge is 0.339 e. The Morgan fingerprint density at radius 3 is 2.67 bits per heavy atom. The first-order valence-corrected chi connectivity index (χ1v) is 8.21. The number of nitrogens with zero attached hydrogens (tertiary/aromatic N) is 5. The van der Waals surface area contributed by atoms with E-state index >= 15 is 0 Å². The van der Waals surface area contributed by atoms with Crippen LogP contribution in [0.2, 0.25) is 0 Å². The summed E-state index contributed by atoms with van der Waals surface area (Å²) in [7, 11) is 0. The van der Waals surface area contributed by atoms with Crippen LogP contribution in [0.4, 0.5) is 10.1 Å². The summed E-state index contributed by atoms with van der Waals surface area (Å²) < 4.78 is 13.3. The molecule has 7 nitrogen and oxygen atoms in total. The van der Waals surface area contributed by atoms with E-state index in [1.54, 1.807) is 12.1 Å². The van der Waals surface area contributed by atoms with Crippen molar-refractivity contribution in [1.29, 1.82) is 0 Å². The first-order valence-electron chi connectivity index (χ1n) is 8.21. The number of anilines is 1. The Hall–Kier alpha value is -2.31. The molecule has 24 heavy (non-hydrogen) atoms. The monoisotopic (exact) mass is 332 g/mol. The van der Waals surface area contributed by atoms with Gasteiger partial charge in [-0.3, -0.25) is 4.79 Å². The molecule has 0 radical (unpaired) electrons. The number of azide groups is 1. The van der Waals surface area contributed by atoms with Crippen LogP contribution in [-0.2, 0) is 4.79 Å². The van der Waals surface area contributed by atoms with Crippen molar-refractivity contribution in [2.24, 2.45) is 5.11 Å². The van der Waals surface area contributed by atoms with Crippen LogP contribution in [0, 0.1) is 5.82 Å². The van der Waals surface area contributed by atoms with E-state index in [1.807, 2.05) is 4.90 Å². The minimum absolute atomic E-state index is 0.120. The number of nitrogens with one attached hydrogen (secondary N) is 1. The molecule has 3 rings (SSSR count). The molecule has 2 fully saturated rings.